The summed E-state index contributed by atoms with van der Waals surface area (Å²) in [5.74, 6) is 0.465. The summed E-state index contributed by atoms with van der Waals surface area (Å²) in [7, 11) is 4.14. The number of nitrogens with zero attached hydrogens (tertiary/aromatic N) is 3. The number of thiazole rings is 1. The Morgan fingerprint density at radius 3 is 2.71 bits per heavy atom. The summed E-state index contributed by atoms with van der Waals surface area (Å²) < 4.78 is 8.68. The van der Waals surface area contributed by atoms with Gasteiger partial charge in [-0.05, 0) is 66.4 Å². The molecule has 0 saturated heterocycles. The molecule has 0 saturated carbocycles. The third kappa shape index (κ3) is 4.61. The van der Waals surface area contributed by atoms with Gasteiger partial charge in [0.25, 0.3) is 0 Å². The van der Waals surface area contributed by atoms with E-state index in [9.17, 15) is 4.79 Å². The Labute approximate surface area is 172 Å². The van der Waals surface area contributed by atoms with Gasteiger partial charge in [0, 0.05) is 17.9 Å². The van der Waals surface area contributed by atoms with Crippen LogP contribution in [-0.4, -0.2) is 52.5 Å². The van der Waals surface area contributed by atoms with Crippen molar-refractivity contribution in [2.45, 2.75) is 59.1 Å². The first-order chi connectivity index (χ1) is 13.0. The van der Waals surface area contributed by atoms with Crippen molar-refractivity contribution >= 4 is 33.4 Å². The molecule has 3 rings (SSSR count). The third-order valence-electron chi connectivity index (χ3n) is 5.18. The second-order valence-corrected chi connectivity index (χ2v) is 10.1. The van der Waals surface area contributed by atoms with Gasteiger partial charge in [0.1, 0.15) is 10.6 Å². The highest BCUT2D eigenvalue weighted by atomic mass is 32.1. The lowest BCUT2D eigenvalue weighted by Gasteiger charge is -2.22. The summed E-state index contributed by atoms with van der Waals surface area (Å²) in [4.78, 5) is 19.9. The Kier molecular flexibility index (Phi) is 5.92. The zero-order chi connectivity index (χ0) is 20.6. The Bertz CT molecular complexity index is 908. The molecule has 1 aromatic heterocycles. The summed E-state index contributed by atoms with van der Waals surface area (Å²) in [6.07, 6.45) is 1.69. The average molecular weight is 403 g/mol. The second kappa shape index (κ2) is 7.91. The van der Waals surface area contributed by atoms with Crippen molar-refractivity contribution < 1.29 is 14.1 Å². The first-order valence-corrected chi connectivity index (χ1v) is 10.8. The number of amides is 1. The van der Waals surface area contributed by atoms with Crippen molar-refractivity contribution in [3.8, 4) is 0 Å². The molecular formula is C22H32N3O2S+. The van der Waals surface area contributed by atoms with Crippen LogP contribution in [0.2, 0.25) is 0 Å². The molecule has 1 aliphatic heterocycles. The van der Waals surface area contributed by atoms with Crippen molar-refractivity contribution in [3.05, 3.63) is 28.8 Å². The zero-order valence-corrected chi connectivity index (χ0v) is 18.9. The van der Waals surface area contributed by atoms with Gasteiger partial charge in [-0.25, -0.2) is 4.98 Å². The number of carbonyl (C=O) groups is 1. The molecule has 0 N–H and O–H groups in total. The summed E-state index contributed by atoms with van der Waals surface area (Å²) in [6.45, 7) is 10.8. The number of hydrogen-bond donors (Lipinski definition) is 0. The van der Waals surface area contributed by atoms with E-state index in [-0.39, 0.29) is 12.1 Å². The molecule has 1 unspecified atom stereocenters. The molecular weight excluding hydrogens is 370 g/mol. The van der Waals surface area contributed by atoms with Gasteiger partial charge >= 0.3 is 6.09 Å². The fourth-order valence-corrected chi connectivity index (χ4v) is 4.45. The topological polar surface area (TPSA) is 45.4 Å². The smallest absolute Gasteiger partial charge is 0.406 e. The maximum atomic E-state index is 12.8. The molecule has 1 aliphatic rings. The van der Waals surface area contributed by atoms with Gasteiger partial charge in [0.2, 0.25) is 0 Å². The summed E-state index contributed by atoms with van der Waals surface area (Å²) in [6, 6.07) is 6.66. The summed E-state index contributed by atoms with van der Waals surface area (Å²) >= 11 is 1.74. The van der Waals surface area contributed by atoms with Crippen molar-refractivity contribution in [2.75, 3.05) is 20.6 Å². The van der Waals surface area contributed by atoms with Gasteiger partial charge in [-0.2, -0.15) is 4.79 Å². The van der Waals surface area contributed by atoms with E-state index in [0.29, 0.717) is 12.5 Å². The van der Waals surface area contributed by atoms with Gasteiger partial charge in [-0.3, -0.25) is 0 Å². The molecule has 0 spiro atoms. The average Bonchev–Trinajstić information content (AvgIpc) is 3.02. The molecule has 5 nitrogen and oxygen atoms in total. The van der Waals surface area contributed by atoms with Crippen LogP contribution in [0.1, 0.15) is 64.1 Å². The molecule has 6 heteroatoms. The fourth-order valence-electron chi connectivity index (χ4n) is 3.36. The molecule has 2 heterocycles. The van der Waals surface area contributed by atoms with E-state index in [1.54, 1.807) is 11.3 Å². The quantitative estimate of drug-likeness (QED) is 0.671. The molecule has 0 fully saturated rings. The van der Waals surface area contributed by atoms with E-state index < -0.39 is 5.60 Å². The van der Waals surface area contributed by atoms with E-state index in [4.69, 9.17) is 9.72 Å². The normalized spacial score (nSPS) is 19.4. The van der Waals surface area contributed by atoms with Crippen molar-refractivity contribution in [1.82, 2.24) is 9.88 Å². The van der Waals surface area contributed by atoms with Crippen LogP contribution in [0.15, 0.2) is 18.2 Å². The third-order valence-corrected chi connectivity index (χ3v) is 6.38. The highest BCUT2D eigenvalue weighted by Crippen LogP contribution is 2.30. The zero-order valence-electron chi connectivity index (χ0n) is 18.1. The molecule has 2 atom stereocenters. The Balaban J connectivity index is 2.01. The van der Waals surface area contributed by atoms with Gasteiger partial charge < -0.3 is 9.64 Å². The molecule has 1 amide bonds. The summed E-state index contributed by atoms with van der Waals surface area (Å²) in [5.41, 5.74) is 2.62. The highest BCUT2D eigenvalue weighted by molar-refractivity contribution is 7.18. The van der Waals surface area contributed by atoms with Crippen molar-refractivity contribution in [1.29, 1.82) is 0 Å². The fraction of sp³-hybridized carbons (Fsp3) is 0.591. The molecule has 2 aromatic rings. The number of rotatable bonds is 3. The maximum absolute atomic E-state index is 12.8. The van der Waals surface area contributed by atoms with Gasteiger partial charge in [0.05, 0.1) is 16.3 Å². The largest absolute Gasteiger partial charge is 0.597 e. The first kappa shape index (κ1) is 20.9. The van der Waals surface area contributed by atoms with Gasteiger partial charge in [-0.15, -0.1) is 15.9 Å². The summed E-state index contributed by atoms with van der Waals surface area (Å²) in [5, 5.41) is 1.11. The monoisotopic (exact) mass is 402 g/mol. The molecule has 0 radical (unpaired) electrons. The highest BCUT2D eigenvalue weighted by Gasteiger charge is 2.35. The van der Waals surface area contributed by atoms with Crippen LogP contribution in [-0.2, 0) is 4.74 Å². The number of aromatic nitrogens is 1. The lowest BCUT2D eigenvalue weighted by molar-refractivity contribution is -0.463. The van der Waals surface area contributed by atoms with Crippen LogP contribution in [0.5, 0.6) is 0 Å². The van der Waals surface area contributed by atoms with Gasteiger partial charge in [-0.1, -0.05) is 6.92 Å². The standard InChI is InChI=1S/C22H32N3O2S/c1-14-8-10-18(25(13-14)21(26)27-22(3,4)5)16-9-11-19-17(12-16)23-20(28-19)15(2)24(6)7/h9,11-12,14-15H,8,10,13H2,1-7H3/q+1/t14-,15?/m0/s1. The van der Waals surface area contributed by atoms with E-state index in [2.05, 4.69) is 51.0 Å². The minimum absolute atomic E-state index is 0.255. The molecule has 1 aromatic carbocycles. The van der Waals surface area contributed by atoms with Crippen molar-refractivity contribution in [3.63, 3.8) is 0 Å². The number of ether oxygens (including phenoxy) is 1. The minimum Gasteiger partial charge on any atom is -0.406 e. The lowest BCUT2D eigenvalue weighted by atomic mass is 9.94. The van der Waals surface area contributed by atoms with Crippen LogP contribution in [0.4, 0.5) is 4.79 Å². The predicted octanol–water partition coefficient (Wildman–Crippen LogP) is 5.09. The number of benzene rings is 1. The minimum atomic E-state index is -0.501. The molecule has 152 valence electrons. The van der Waals surface area contributed by atoms with Crippen LogP contribution in [0.3, 0.4) is 0 Å². The SMILES string of the molecule is CC(c1nc2cc(C3=[N+](C(=O)OC(C)(C)C)C[C@@H](C)CC3)ccc2s1)N(C)C. The first-order valence-electron chi connectivity index (χ1n) is 9.99. The maximum Gasteiger partial charge on any atom is 0.597 e. The number of hydrogen-bond acceptors (Lipinski definition) is 5. The van der Waals surface area contributed by atoms with Crippen LogP contribution in [0, 0.1) is 5.92 Å². The van der Waals surface area contributed by atoms with Crippen LogP contribution < -0.4 is 0 Å². The van der Waals surface area contributed by atoms with Crippen LogP contribution >= 0.6 is 11.3 Å². The molecule has 0 aliphatic carbocycles. The Hall–Kier alpha value is -1.79. The van der Waals surface area contributed by atoms with E-state index >= 15 is 0 Å². The lowest BCUT2D eigenvalue weighted by Crippen LogP contribution is -2.39. The van der Waals surface area contributed by atoms with Gasteiger partial charge in [0.15, 0.2) is 12.3 Å². The predicted molar refractivity (Wildman–Crippen MR) is 116 cm³/mol. The second-order valence-electron chi connectivity index (χ2n) is 9.06. The Morgan fingerprint density at radius 1 is 1.36 bits per heavy atom. The molecule has 28 heavy (non-hydrogen) atoms. The number of carbonyl (C=O) groups excluding carboxylic acids is 1. The van der Waals surface area contributed by atoms with E-state index in [1.807, 2.05) is 25.3 Å². The Morgan fingerprint density at radius 2 is 2.07 bits per heavy atom. The van der Waals surface area contributed by atoms with E-state index in [1.165, 1.54) is 4.70 Å². The van der Waals surface area contributed by atoms with Crippen molar-refractivity contribution in [2.24, 2.45) is 5.92 Å². The molecule has 0 bridgehead atoms. The van der Waals surface area contributed by atoms with Crippen LogP contribution in [0.25, 0.3) is 10.2 Å². The van der Waals surface area contributed by atoms with E-state index in [0.717, 1.165) is 34.6 Å². The number of fused-ring (bicyclic) bond motifs is 1.